The summed E-state index contributed by atoms with van der Waals surface area (Å²) in [5, 5.41) is 21.0. The van der Waals surface area contributed by atoms with Gasteiger partial charge in [0.05, 0.1) is 16.7 Å². The predicted octanol–water partition coefficient (Wildman–Crippen LogP) is 2.64. The Morgan fingerprint density at radius 2 is 2.30 bits per heavy atom. The van der Waals surface area contributed by atoms with E-state index in [4.69, 9.17) is 9.84 Å². The van der Waals surface area contributed by atoms with Gasteiger partial charge in [-0.2, -0.15) is 0 Å². The first kappa shape index (κ1) is 13.9. The molecule has 0 amide bonds. The first-order chi connectivity index (χ1) is 9.47. The minimum atomic E-state index is -1.09. The average Bonchev–Trinajstić information content (AvgIpc) is 2.86. The van der Waals surface area contributed by atoms with Gasteiger partial charge < -0.3 is 9.84 Å². The lowest BCUT2D eigenvalue weighted by Gasteiger charge is -2.07. The quantitative estimate of drug-likeness (QED) is 0.671. The number of hydrogen-bond acceptors (Lipinski definition) is 6. The molecule has 0 atom stereocenters. The zero-order chi connectivity index (χ0) is 14.7. The number of thiazole rings is 1. The third kappa shape index (κ3) is 3.09. The molecule has 8 heteroatoms. The van der Waals surface area contributed by atoms with Crippen molar-refractivity contribution < 1.29 is 19.6 Å². The molecule has 0 saturated carbocycles. The summed E-state index contributed by atoms with van der Waals surface area (Å²) in [4.78, 5) is 24.8. The number of rotatable bonds is 5. The Labute approximate surface area is 117 Å². The van der Waals surface area contributed by atoms with Gasteiger partial charge in [0.15, 0.2) is 0 Å². The summed E-state index contributed by atoms with van der Waals surface area (Å²) in [6, 6.07) is 4.32. The van der Waals surface area contributed by atoms with Crippen molar-refractivity contribution in [1.82, 2.24) is 4.98 Å². The maximum Gasteiger partial charge on any atom is 0.365 e. The second-order valence-electron chi connectivity index (χ2n) is 3.94. The summed E-state index contributed by atoms with van der Waals surface area (Å²) in [7, 11) is 0. The number of carboxylic acid groups (broad SMARTS) is 1. The normalized spacial score (nSPS) is 10.2. The summed E-state index contributed by atoms with van der Waals surface area (Å²) in [5.74, 6) is -0.711. The summed E-state index contributed by atoms with van der Waals surface area (Å²) < 4.78 is 5.45. The van der Waals surface area contributed by atoms with Crippen LogP contribution in [0.1, 0.15) is 21.1 Å². The number of non-ortho nitro benzene ring substituents is 1. The van der Waals surface area contributed by atoms with Crippen LogP contribution in [0.2, 0.25) is 0 Å². The fraction of sp³-hybridized carbons (Fsp3) is 0.167. The van der Waals surface area contributed by atoms with Gasteiger partial charge in [-0.3, -0.25) is 10.1 Å². The van der Waals surface area contributed by atoms with Gasteiger partial charge in [-0.1, -0.05) is 0 Å². The molecular formula is C12H10N2O5S. The van der Waals surface area contributed by atoms with Gasteiger partial charge in [-0.05, 0) is 18.6 Å². The molecule has 20 heavy (non-hydrogen) atoms. The molecule has 0 radical (unpaired) electrons. The van der Waals surface area contributed by atoms with Gasteiger partial charge >= 0.3 is 5.97 Å². The van der Waals surface area contributed by atoms with Crippen molar-refractivity contribution in [1.29, 1.82) is 0 Å². The van der Waals surface area contributed by atoms with E-state index in [0.717, 1.165) is 16.9 Å². The van der Waals surface area contributed by atoms with E-state index in [-0.39, 0.29) is 17.3 Å². The van der Waals surface area contributed by atoms with Gasteiger partial charge in [0.2, 0.25) is 5.01 Å². The minimum absolute atomic E-state index is 0.0145. The van der Waals surface area contributed by atoms with Crippen LogP contribution in [0.25, 0.3) is 0 Å². The largest absolute Gasteiger partial charge is 0.487 e. The lowest BCUT2D eigenvalue weighted by Crippen LogP contribution is -2.00. The van der Waals surface area contributed by atoms with E-state index >= 15 is 0 Å². The number of carbonyl (C=O) groups is 1. The van der Waals surface area contributed by atoms with Crippen LogP contribution in [-0.4, -0.2) is 21.0 Å². The van der Waals surface area contributed by atoms with Crippen LogP contribution < -0.4 is 4.74 Å². The van der Waals surface area contributed by atoms with E-state index in [1.807, 2.05) is 0 Å². The van der Waals surface area contributed by atoms with E-state index in [9.17, 15) is 14.9 Å². The fourth-order valence-electron chi connectivity index (χ4n) is 1.48. The van der Waals surface area contributed by atoms with Crippen LogP contribution in [0.3, 0.4) is 0 Å². The predicted molar refractivity (Wildman–Crippen MR) is 71.2 cm³/mol. The molecule has 0 spiro atoms. The van der Waals surface area contributed by atoms with E-state index in [1.54, 1.807) is 18.4 Å². The molecule has 1 heterocycles. The number of nitro groups is 1. The molecule has 104 valence electrons. The molecule has 2 rings (SSSR count). The highest BCUT2D eigenvalue weighted by atomic mass is 32.1. The highest BCUT2D eigenvalue weighted by Gasteiger charge is 2.12. The van der Waals surface area contributed by atoms with Crippen LogP contribution in [0, 0.1) is 17.0 Å². The molecule has 2 aromatic rings. The van der Waals surface area contributed by atoms with Gasteiger partial charge in [0.25, 0.3) is 5.69 Å². The zero-order valence-corrected chi connectivity index (χ0v) is 11.2. The SMILES string of the molecule is Cc1ccc([N+](=O)[O-])cc1OCc1csc(C(=O)O)n1. The third-order valence-corrected chi connectivity index (χ3v) is 3.37. The molecule has 1 N–H and O–H groups in total. The number of hydrogen-bond donors (Lipinski definition) is 1. The standard InChI is InChI=1S/C12H10N2O5S/c1-7-2-3-9(14(17)18)4-10(7)19-5-8-6-20-11(13-8)12(15)16/h2-4,6H,5H2,1H3,(H,15,16). The van der Waals surface area contributed by atoms with Crippen LogP contribution in [-0.2, 0) is 6.61 Å². The van der Waals surface area contributed by atoms with E-state index in [2.05, 4.69) is 4.98 Å². The maximum atomic E-state index is 10.7. The van der Waals surface area contributed by atoms with Crippen molar-refractivity contribution in [2.45, 2.75) is 13.5 Å². The highest BCUT2D eigenvalue weighted by Crippen LogP contribution is 2.25. The first-order valence-corrected chi connectivity index (χ1v) is 6.41. The number of aromatic carboxylic acids is 1. The third-order valence-electron chi connectivity index (χ3n) is 2.49. The lowest BCUT2D eigenvalue weighted by atomic mass is 10.2. The summed E-state index contributed by atoms with van der Waals surface area (Å²) in [6.07, 6.45) is 0. The number of aryl methyl sites for hydroxylation is 1. The Kier molecular flexibility index (Phi) is 3.94. The molecule has 0 unspecified atom stereocenters. The van der Waals surface area contributed by atoms with Crippen LogP contribution in [0.5, 0.6) is 5.75 Å². The molecule has 0 bridgehead atoms. The van der Waals surface area contributed by atoms with E-state index in [1.165, 1.54) is 12.1 Å². The molecule has 0 fully saturated rings. The molecule has 1 aromatic carbocycles. The van der Waals surface area contributed by atoms with Crippen molar-refractivity contribution in [3.05, 3.63) is 50.0 Å². The number of ether oxygens (including phenoxy) is 1. The number of nitro benzene ring substituents is 1. The molecular weight excluding hydrogens is 284 g/mol. The average molecular weight is 294 g/mol. The second-order valence-corrected chi connectivity index (χ2v) is 4.80. The number of nitrogens with zero attached hydrogens (tertiary/aromatic N) is 2. The number of benzene rings is 1. The molecule has 0 aliphatic rings. The topological polar surface area (TPSA) is 103 Å². The summed E-state index contributed by atoms with van der Waals surface area (Å²) in [6.45, 7) is 1.83. The maximum absolute atomic E-state index is 10.7. The van der Waals surface area contributed by atoms with Crippen molar-refractivity contribution >= 4 is 23.0 Å². The van der Waals surface area contributed by atoms with Crippen LogP contribution >= 0.6 is 11.3 Å². The van der Waals surface area contributed by atoms with Gasteiger partial charge in [0, 0.05) is 11.4 Å². The summed E-state index contributed by atoms with van der Waals surface area (Å²) >= 11 is 1.01. The van der Waals surface area contributed by atoms with Gasteiger partial charge in [-0.15, -0.1) is 11.3 Å². The molecule has 1 aromatic heterocycles. The fourth-order valence-corrected chi connectivity index (χ4v) is 2.12. The summed E-state index contributed by atoms with van der Waals surface area (Å²) in [5.41, 5.74) is 1.16. The Hall–Kier alpha value is -2.48. The highest BCUT2D eigenvalue weighted by molar-refractivity contribution is 7.11. The van der Waals surface area contributed by atoms with Crippen molar-refractivity contribution in [2.24, 2.45) is 0 Å². The van der Waals surface area contributed by atoms with Crippen LogP contribution in [0.4, 0.5) is 5.69 Å². The van der Waals surface area contributed by atoms with Crippen molar-refractivity contribution in [2.75, 3.05) is 0 Å². The van der Waals surface area contributed by atoms with Crippen molar-refractivity contribution in [3.63, 3.8) is 0 Å². The second kappa shape index (κ2) is 5.66. The Balaban J connectivity index is 2.11. The van der Waals surface area contributed by atoms with E-state index < -0.39 is 10.9 Å². The first-order valence-electron chi connectivity index (χ1n) is 5.53. The van der Waals surface area contributed by atoms with Crippen LogP contribution in [0.15, 0.2) is 23.6 Å². The molecule has 0 aliphatic heterocycles. The number of carboxylic acids is 1. The smallest absolute Gasteiger partial charge is 0.365 e. The lowest BCUT2D eigenvalue weighted by molar-refractivity contribution is -0.385. The Morgan fingerprint density at radius 1 is 1.55 bits per heavy atom. The molecule has 0 aliphatic carbocycles. The van der Waals surface area contributed by atoms with E-state index in [0.29, 0.717) is 11.4 Å². The monoisotopic (exact) mass is 294 g/mol. The minimum Gasteiger partial charge on any atom is -0.487 e. The Bertz CT molecular complexity index is 668. The molecule has 0 saturated heterocycles. The number of aromatic nitrogens is 1. The van der Waals surface area contributed by atoms with Gasteiger partial charge in [0.1, 0.15) is 12.4 Å². The van der Waals surface area contributed by atoms with Gasteiger partial charge in [-0.25, -0.2) is 9.78 Å². The zero-order valence-electron chi connectivity index (χ0n) is 10.4. The molecule has 7 nitrogen and oxygen atoms in total. The Morgan fingerprint density at radius 3 is 2.90 bits per heavy atom. The van der Waals surface area contributed by atoms with Crippen molar-refractivity contribution in [3.8, 4) is 5.75 Å².